The number of ether oxygens (including phenoxy) is 2. The number of rotatable bonds is 15. The molecule has 4 N–H and O–H groups in total. The number of nitrogens with zero attached hydrogens (tertiary/aromatic N) is 4. The van der Waals surface area contributed by atoms with Crippen LogP contribution in [0.15, 0.2) is 48.5 Å². The van der Waals surface area contributed by atoms with Crippen LogP contribution in [0.25, 0.3) is 33.6 Å². The molecule has 2 heterocycles. The van der Waals surface area contributed by atoms with E-state index in [1.165, 1.54) is 14.2 Å². The maximum Gasteiger partial charge on any atom is 0.407 e. The van der Waals surface area contributed by atoms with Gasteiger partial charge in [-0.25, -0.2) is 19.6 Å². The number of nitrogens with one attached hydrogen (secondary N) is 4. The minimum Gasteiger partial charge on any atom is -0.453 e. The highest BCUT2D eigenvalue weighted by Crippen LogP contribution is 2.31. The largest absolute Gasteiger partial charge is 0.453 e. The standard InChI is InChI=1S/C37H46Cl2N8O6/c1-21(2)18-46(30(48)16-40-36(50)52-6)19-28-42-32(34(38)44-28)26-12-8-24(9-13-26)25-10-14-27(15-11-25)33-35(39)45-29(43-33)20-47(23(5)22(3)4)31(49)17-41-37(51)53-7/h8-15,21-23H,16-20H2,1-7H3,(H,40,50)(H,41,51)(H,42,44)(H,43,45). The number of hydrogen-bond donors (Lipinski definition) is 4. The van der Waals surface area contributed by atoms with Crippen LogP contribution in [0.1, 0.15) is 46.3 Å². The molecule has 0 saturated heterocycles. The topological polar surface area (TPSA) is 175 Å². The first-order valence-corrected chi connectivity index (χ1v) is 17.9. The Morgan fingerprint density at radius 1 is 0.679 bits per heavy atom. The number of hydrogen-bond acceptors (Lipinski definition) is 8. The molecule has 1 atom stereocenters. The first-order chi connectivity index (χ1) is 25.2. The lowest BCUT2D eigenvalue weighted by Gasteiger charge is -2.31. The Kier molecular flexibility index (Phi) is 14.3. The predicted octanol–water partition coefficient (Wildman–Crippen LogP) is 6.51. The number of benzene rings is 2. The number of imidazole rings is 2. The molecule has 4 aromatic rings. The van der Waals surface area contributed by atoms with Crippen molar-refractivity contribution >= 4 is 47.2 Å². The average molecular weight is 770 g/mol. The van der Waals surface area contributed by atoms with Crippen LogP contribution in [-0.2, 0) is 32.2 Å². The lowest BCUT2D eigenvalue weighted by Crippen LogP contribution is -2.46. The molecule has 0 fully saturated rings. The van der Waals surface area contributed by atoms with E-state index in [0.29, 0.717) is 39.9 Å². The molecule has 284 valence electrons. The van der Waals surface area contributed by atoms with Gasteiger partial charge in [0, 0.05) is 23.7 Å². The van der Waals surface area contributed by atoms with Crippen LogP contribution in [0.5, 0.6) is 0 Å². The molecule has 14 nitrogen and oxygen atoms in total. The Morgan fingerprint density at radius 2 is 1.09 bits per heavy atom. The van der Waals surface area contributed by atoms with Gasteiger partial charge in [0.25, 0.3) is 0 Å². The third-order valence-corrected chi connectivity index (χ3v) is 9.13. The van der Waals surface area contributed by atoms with Crippen molar-refractivity contribution in [2.75, 3.05) is 33.9 Å². The second kappa shape index (κ2) is 18.6. The molecule has 0 saturated carbocycles. The number of aromatic nitrogens is 4. The summed E-state index contributed by atoms with van der Waals surface area (Å²) in [6.45, 7) is 10.4. The molecule has 4 amide bonds. The molecular weight excluding hydrogens is 723 g/mol. The summed E-state index contributed by atoms with van der Waals surface area (Å²) < 4.78 is 9.16. The highest BCUT2D eigenvalue weighted by molar-refractivity contribution is 6.32. The molecule has 2 aromatic heterocycles. The number of methoxy groups -OCH3 is 2. The van der Waals surface area contributed by atoms with E-state index in [-0.39, 0.29) is 55.9 Å². The van der Waals surface area contributed by atoms with Gasteiger partial charge in [-0.05, 0) is 29.9 Å². The summed E-state index contributed by atoms with van der Waals surface area (Å²) >= 11 is 13.2. The second-order valence-corrected chi connectivity index (χ2v) is 14.0. The van der Waals surface area contributed by atoms with Gasteiger partial charge in [0.05, 0.1) is 27.3 Å². The monoisotopic (exact) mass is 768 g/mol. The Bertz CT molecular complexity index is 1870. The average Bonchev–Trinajstić information content (AvgIpc) is 3.71. The van der Waals surface area contributed by atoms with Crippen LogP contribution in [-0.4, -0.2) is 93.6 Å². The molecular formula is C37H46Cl2N8O6. The third kappa shape index (κ3) is 11.0. The molecule has 1 unspecified atom stereocenters. The quantitative estimate of drug-likeness (QED) is 0.106. The number of carbonyl (C=O) groups excluding carboxylic acids is 4. The normalized spacial score (nSPS) is 11.7. The zero-order chi connectivity index (χ0) is 38.8. The summed E-state index contributed by atoms with van der Waals surface area (Å²) in [7, 11) is 2.48. The van der Waals surface area contributed by atoms with Crippen molar-refractivity contribution in [2.45, 2.75) is 53.8 Å². The summed E-state index contributed by atoms with van der Waals surface area (Å²) in [6.07, 6.45) is -1.36. The molecule has 0 spiro atoms. The van der Waals surface area contributed by atoms with Crippen LogP contribution in [0.4, 0.5) is 9.59 Å². The highest BCUT2D eigenvalue weighted by Gasteiger charge is 2.25. The van der Waals surface area contributed by atoms with E-state index < -0.39 is 12.2 Å². The fourth-order valence-corrected chi connectivity index (χ4v) is 6.00. The Morgan fingerprint density at radius 3 is 1.51 bits per heavy atom. The van der Waals surface area contributed by atoms with Gasteiger partial charge in [0.2, 0.25) is 11.8 Å². The van der Waals surface area contributed by atoms with Gasteiger partial charge >= 0.3 is 12.2 Å². The zero-order valence-electron chi connectivity index (χ0n) is 30.9. The maximum absolute atomic E-state index is 13.0. The lowest BCUT2D eigenvalue weighted by molar-refractivity contribution is -0.134. The van der Waals surface area contributed by atoms with Gasteiger partial charge in [-0.1, -0.05) is 99.4 Å². The van der Waals surface area contributed by atoms with E-state index in [2.05, 4.69) is 35.1 Å². The van der Waals surface area contributed by atoms with Crippen molar-refractivity contribution in [3.05, 3.63) is 70.5 Å². The second-order valence-electron chi connectivity index (χ2n) is 13.2. The van der Waals surface area contributed by atoms with E-state index in [9.17, 15) is 19.2 Å². The SMILES string of the molecule is COC(=O)NCC(=O)N(Cc1nc(-c2ccc(-c3ccc(-c4nc(CN(C(=O)CNC(=O)OC)C(C)C(C)C)[nH]c4Cl)cc3)cc2)c(Cl)[nH]1)CC(C)C. The molecule has 0 bridgehead atoms. The number of aromatic amines is 2. The van der Waals surface area contributed by atoms with Crippen LogP contribution in [0, 0.1) is 11.8 Å². The summed E-state index contributed by atoms with van der Waals surface area (Å²) in [5, 5.41) is 5.57. The van der Waals surface area contributed by atoms with Gasteiger partial charge in [-0.15, -0.1) is 0 Å². The van der Waals surface area contributed by atoms with Crippen LogP contribution in [0.3, 0.4) is 0 Å². The lowest BCUT2D eigenvalue weighted by atomic mass is 10.0. The summed E-state index contributed by atoms with van der Waals surface area (Å²) in [6, 6.07) is 15.5. The first kappa shape index (κ1) is 40.7. The highest BCUT2D eigenvalue weighted by atomic mass is 35.5. The smallest absolute Gasteiger partial charge is 0.407 e. The molecule has 2 aromatic carbocycles. The molecule has 0 aliphatic carbocycles. The van der Waals surface area contributed by atoms with Gasteiger partial charge in [-0.2, -0.15) is 0 Å². The Hall–Kier alpha value is -5.08. The van der Waals surface area contributed by atoms with Crippen molar-refractivity contribution in [1.29, 1.82) is 0 Å². The zero-order valence-corrected chi connectivity index (χ0v) is 32.4. The van der Waals surface area contributed by atoms with E-state index in [0.717, 1.165) is 22.3 Å². The third-order valence-electron chi connectivity index (χ3n) is 8.58. The number of alkyl carbamates (subject to hydrolysis) is 2. The minimum absolute atomic E-state index is 0.134. The number of carbonyl (C=O) groups is 4. The summed E-state index contributed by atoms with van der Waals surface area (Å²) in [5.41, 5.74) is 4.62. The fourth-order valence-electron chi connectivity index (χ4n) is 5.48. The van der Waals surface area contributed by atoms with Crippen molar-refractivity contribution in [3.8, 4) is 33.6 Å². The maximum atomic E-state index is 13.0. The number of halogens is 2. The molecule has 16 heteroatoms. The number of H-pyrrole nitrogens is 2. The summed E-state index contributed by atoms with van der Waals surface area (Å²) in [4.78, 5) is 67.8. The Labute approximate surface area is 318 Å². The Balaban J connectivity index is 1.46. The van der Waals surface area contributed by atoms with Crippen LogP contribution < -0.4 is 10.6 Å². The summed E-state index contributed by atoms with van der Waals surface area (Å²) in [5.74, 6) is 0.824. The van der Waals surface area contributed by atoms with Gasteiger partial charge in [0.1, 0.15) is 46.4 Å². The number of amides is 4. The molecule has 0 aliphatic rings. The molecule has 53 heavy (non-hydrogen) atoms. The molecule has 0 aliphatic heterocycles. The van der Waals surface area contributed by atoms with E-state index in [1.54, 1.807) is 9.80 Å². The van der Waals surface area contributed by atoms with Gasteiger partial charge in [0.15, 0.2) is 0 Å². The van der Waals surface area contributed by atoms with Gasteiger partial charge < -0.3 is 39.9 Å². The van der Waals surface area contributed by atoms with Crippen LogP contribution >= 0.6 is 23.2 Å². The van der Waals surface area contributed by atoms with Crippen LogP contribution in [0.2, 0.25) is 10.3 Å². The fraction of sp³-hybridized carbons (Fsp3) is 0.405. The first-order valence-electron chi connectivity index (χ1n) is 17.1. The molecule has 4 rings (SSSR count). The van der Waals surface area contributed by atoms with Gasteiger partial charge in [-0.3, -0.25) is 9.59 Å². The molecule has 0 radical (unpaired) electrons. The van der Waals surface area contributed by atoms with E-state index in [4.69, 9.17) is 28.2 Å². The van der Waals surface area contributed by atoms with Crippen molar-refractivity contribution < 1.29 is 28.7 Å². The minimum atomic E-state index is -0.682. The van der Waals surface area contributed by atoms with Crippen molar-refractivity contribution in [1.82, 2.24) is 40.4 Å². The van der Waals surface area contributed by atoms with Crippen molar-refractivity contribution in [2.24, 2.45) is 11.8 Å². The van der Waals surface area contributed by atoms with Crippen molar-refractivity contribution in [3.63, 3.8) is 0 Å². The van der Waals surface area contributed by atoms with E-state index >= 15 is 0 Å². The predicted molar refractivity (Wildman–Crippen MR) is 203 cm³/mol. The van der Waals surface area contributed by atoms with E-state index in [1.807, 2.05) is 83.1 Å².